The predicted molar refractivity (Wildman–Crippen MR) is 94.5 cm³/mol. The Morgan fingerprint density at radius 3 is 2.40 bits per heavy atom. The van der Waals surface area contributed by atoms with E-state index in [0.29, 0.717) is 15.6 Å². The fourth-order valence-electron chi connectivity index (χ4n) is 1.97. The van der Waals surface area contributed by atoms with Crippen molar-refractivity contribution in [3.63, 3.8) is 0 Å². The highest BCUT2D eigenvalue weighted by Crippen LogP contribution is 2.20. The fraction of sp³-hybridized carbons (Fsp3) is 0.188. The molecule has 0 unspecified atom stereocenters. The van der Waals surface area contributed by atoms with E-state index in [1.54, 1.807) is 18.2 Å². The molecule has 134 valence electrons. The predicted octanol–water partition coefficient (Wildman–Crippen LogP) is 3.12. The van der Waals surface area contributed by atoms with Gasteiger partial charge in [-0.1, -0.05) is 29.3 Å². The van der Waals surface area contributed by atoms with Crippen molar-refractivity contribution in [1.82, 2.24) is 10.0 Å². The number of halogens is 3. The highest BCUT2D eigenvalue weighted by atomic mass is 35.5. The summed E-state index contributed by atoms with van der Waals surface area (Å²) in [6.07, 6.45) is 0. The summed E-state index contributed by atoms with van der Waals surface area (Å²) in [5.41, 5.74) is 0.646. The van der Waals surface area contributed by atoms with Crippen molar-refractivity contribution in [2.75, 3.05) is 0 Å². The van der Waals surface area contributed by atoms with Crippen LogP contribution in [0, 0.1) is 5.82 Å². The Kier molecular flexibility index (Phi) is 6.40. The van der Waals surface area contributed by atoms with E-state index in [0.717, 1.165) is 24.3 Å². The molecule has 2 N–H and O–H groups in total. The summed E-state index contributed by atoms with van der Waals surface area (Å²) in [4.78, 5) is 12.0. The molecule has 0 aromatic heterocycles. The van der Waals surface area contributed by atoms with Crippen molar-refractivity contribution in [1.29, 1.82) is 0 Å². The molecule has 2 aromatic carbocycles. The van der Waals surface area contributed by atoms with Crippen molar-refractivity contribution in [2.24, 2.45) is 0 Å². The largest absolute Gasteiger partial charge is 0.351 e. The Morgan fingerprint density at radius 2 is 1.80 bits per heavy atom. The highest BCUT2D eigenvalue weighted by molar-refractivity contribution is 7.89. The third-order valence-corrected chi connectivity index (χ3v) is 5.46. The van der Waals surface area contributed by atoms with Gasteiger partial charge in [-0.3, -0.25) is 4.79 Å². The molecule has 2 aromatic rings. The molecule has 0 bridgehead atoms. The lowest BCUT2D eigenvalue weighted by atomic mass is 10.2. The van der Waals surface area contributed by atoms with Gasteiger partial charge < -0.3 is 5.32 Å². The SMILES string of the molecule is C[C@@H](NS(=O)(=O)c1ccc(F)cc1)C(=O)NCc1ccc(Cl)cc1Cl. The molecule has 9 heteroatoms. The lowest BCUT2D eigenvalue weighted by Gasteiger charge is -2.15. The molecule has 0 aliphatic carbocycles. The maximum Gasteiger partial charge on any atom is 0.241 e. The van der Waals surface area contributed by atoms with Gasteiger partial charge in [0, 0.05) is 16.6 Å². The van der Waals surface area contributed by atoms with Gasteiger partial charge in [0.15, 0.2) is 0 Å². The van der Waals surface area contributed by atoms with Crippen molar-refractivity contribution in [3.8, 4) is 0 Å². The molecule has 0 radical (unpaired) electrons. The maximum absolute atomic E-state index is 12.9. The zero-order valence-corrected chi connectivity index (χ0v) is 15.4. The first-order valence-electron chi connectivity index (χ1n) is 7.18. The Labute approximate surface area is 155 Å². The lowest BCUT2D eigenvalue weighted by Crippen LogP contribution is -2.44. The Bertz CT molecular complexity index is 873. The van der Waals surface area contributed by atoms with Gasteiger partial charge >= 0.3 is 0 Å². The first-order valence-corrected chi connectivity index (χ1v) is 9.42. The number of benzene rings is 2. The third kappa shape index (κ3) is 5.40. The molecule has 1 atom stereocenters. The molecule has 5 nitrogen and oxygen atoms in total. The van der Waals surface area contributed by atoms with Crippen molar-refractivity contribution >= 4 is 39.1 Å². The molecule has 0 heterocycles. The number of carbonyl (C=O) groups is 1. The molecule has 1 amide bonds. The molecular weight excluding hydrogens is 390 g/mol. The molecule has 0 spiro atoms. The summed E-state index contributed by atoms with van der Waals surface area (Å²) in [6.45, 7) is 1.53. The molecule has 25 heavy (non-hydrogen) atoms. The fourth-order valence-corrected chi connectivity index (χ4v) is 3.65. The van der Waals surface area contributed by atoms with Gasteiger partial charge in [-0.15, -0.1) is 0 Å². The quantitative estimate of drug-likeness (QED) is 0.776. The molecule has 0 fully saturated rings. The first kappa shape index (κ1) is 19.7. The van der Waals surface area contributed by atoms with E-state index < -0.39 is 27.8 Å². The molecule has 0 saturated heterocycles. The van der Waals surface area contributed by atoms with Crippen LogP contribution in [0.4, 0.5) is 4.39 Å². The van der Waals surface area contributed by atoms with Gasteiger partial charge in [-0.2, -0.15) is 4.72 Å². The molecular formula is C16H15Cl2FN2O3S. The third-order valence-electron chi connectivity index (χ3n) is 3.32. The van der Waals surface area contributed by atoms with Crippen LogP contribution in [-0.4, -0.2) is 20.4 Å². The van der Waals surface area contributed by atoms with Crippen LogP contribution in [0.1, 0.15) is 12.5 Å². The summed E-state index contributed by atoms with van der Waals surface area (Å²) in [7, 11) is -3.94. The number of rotatable bonds is 6. The standard InChI is InChI=1S/C16H15Cl2FN2O3S/c1-10(21-25(23,24)14-6-4-13(19)5-7-14)16(22)20-9-11-2-3-12(17)8-15(11)18/h2-8,10,21H,9H2,1H3,(H,20,22)/t10-/m1/s1. The van der Waals surface area contributed by atoms with E-state index in [4.69, 9.17) is 23.2 Å². The van der Waals surface area contributed by atoms with E-state index in [1.807, 2.05) is 0 Å². The smallest absolute Gasteiger partial charge is 0.241 e. The summed E-state index contributed by atoms with van der Waals surface area (Å²) >= 11 is 11.8. The van der Waals surface area contributed by atoms with Gasteiger partial charge in [0.05, 0.1) is 10.9 Å². The van der Waals surface area contributed by atoms with E-state index in [-0.39, 0.29) is 11.4 Å². The van der Waals surface area contributed by atoms with Crippen LogP contribution < -0.4 is 10.0 Å². The first-order chi connectivity index (χ1) is 11.7. The minimum atomic E-state index is -3.94. The van der Waals surface area contributed by atoms with Gasteiger partial charge in [0.1, 0.15) is 5.82 Å². The van der Waals surface area contributed by atoms with Gasteiger partial charge in [0.2, 0.25) is 15.9 Å². The van der Waals surface area contributed by atoms with Crippen molar-refractivity contribution in [3.05, 3.63) is 63.9 Å². The van der Waals surface area contributed by atoms with Crippen LogP contribution in [0.3, 0.4) is 0 Å². The Morgan fingerprint density at radius 1 is 1.16 bits per heavy atom. The van der Waals surface area contributed by atoms with Gasteiger partial charge in [-0.05, 0) is 48.9 Å². The lowest BCUT2D eigenvalue weighted by molar-refractivity contribution is -0.122. The van der Waals surface area contributed by atoms with E-state index in [9.17, 15) is 17.6 Å². The van der Waals surface area contributed by atoms with Crippen LogP contribution in [0.25, 0.3) is 0 Å². The summed E-state index contributed by atoms with van der Waals surface area (Å²) < 4.78 is 39.5. The number of amides is 1. The minimum Gasteiger partial charge on any atom is -0.351 e. The van der Waals surface area contributed by atoms with Crippen molar-refractivity contribution in [2.45, 2.75) is 24.4 Å². The topological polar surface area (TPSA) is 75.3 Å². The molecule has 0 aliphatic heterocycles. The van der Waals surface area contributed by atoms with Crippen LogP contribution in [0.2, 0.25) is 10.0 Å². The molecule has 0 aliphatic rings. The summed E-state index contributed by atoms with van der Waals surface area (Å²) in [5.74, 6) is -1.08. The minimum absolute atomic E-state index is 0.122. The van der Waals surface area contributed by atoms with Gasteiger partial charge in [0.25, 0.3) is 0 Å². The number of carbonyl (C=O) groups excluding carboxylic acids is 1. The van der Waals surface area contributed by atoms with Crippen LogP contribution >= 0.6 is 23.2 Å². The van der Waals surface area contributed by atoms with E-state index in [2.05, 4.69) is 10.0 Å². The Balaban J connectivity index is 1.98. The van der Waals surface area contributed by atoms with E-state index in [1.165, 1.54) is 6.92 Å². The Hall–Kier alpha value is -1.67. The second kappa shape index (κ2) is 8.14. The maximum atomic E-state index is 12.9. The molecule has 0 saturated carbocycles. The van der Waals surface area contributed by atoms with Crippen LogP contribution in [0.5, 0.6) is 0 Å². The number of nitrogens with one attached hydrogen (secondary N) is 2. The van der Waals surface area contributed by atoms with Gasteiger partial charge in [-0.25, -0.2) is 12.8 Å². The normalized spacial score (nSPS) is 12.6. The zero-order valence-electron chi connectivity index (χ0n) is 13.1. The number of hydrogen-bond acceptors (Lipinski definition) is 3. The van der Waals surface area contributed by atoms with Crippen molar-refractivity contribution < 1.29 is 17.6 Å². The second-order valence-electron chi connectivity index (χ2n) is 5.25. The van der Waals surface area contributed by atoms with E-state index >= 15 is 0 Å². The average Bonchev–Trinajstić information content (AvgIpc) is 2.53. The number of hydrogen-bond donors (Lipinski definition) is 2. The van der Waals surface area contributed by atoms with Crippen LogP contribution in [0.15, 0.2) is 47.4 Å². The average molecular weight is 405 g/mol. The summed E-state index contributed by atoms with van der Waals surface area (Å²) in [6, 6.07) is 8.12. The molecule has 2 rings (SSSR count). The highest BCUT2D eigenvalue weighted by Gasteiger charge is 2.22. The zero-order chi connectivity index (χ0) is 18.6. The summed E-state index contributed by atoms with van der Waals surface area (Å²) in [5, 5.41) is 3.46. The monoisotopic (exact) mass is 404 g/mol. The number of sulfonamides is 1. The second-order valence-corrected chi connectivity index (χ2v) is 7.81. The van der Waals surface area contributed by atoms with Crippen LogP contribution in [-0.2, 0) is 21.4 Å².